The predicted octanol–water partition coefficient (Wildman–Crippen LogP) is -0.909. The first-order valence-electron chi connectivity index (χ1n) is 3.67. The van der Waals surface area contributed by atoms with E-state index in [0.29, 0.717) is 6.54 Å². The van der Waals surface area contributed by atoms with Gasteiger partial charge in [-0.1, -0.05) is 0 Å². The van der Waals surface area contributed by atoms with Crippen LogP contribution in [0.4, 0.5) is 0 Å². The van der Waals surface area contributed by atoms with Crippen molar-refractivity contribution in [2.24, 2.45) is 0 Å². The molecule has 0 bridgehead atoms. The molecule has 11 heavy (non-hydrogen) atoms. The number of Topliss-reactive ketones (excluding diaryl/α,β-unsaturated/α-hetero) is 1. The summed E-state index contributed by atoms with van der Waals surface area (Å²) in [4.78, 5) is 10.8. The van der Waals surface area contributed by atoms with Crippen LogP contribution in [-0.2, 0) is 4.79 Å². The second-order valence-corrected chi connectivity index (χ2v) is 2.59. The summed E-state index contributed by atoms with van der Waals surface area (Å²) in [6, 6.07) is 0. The zero-order valence-electron chi connectivity index (χ0n) is 7.22. The van der Waals surface area contributed by atoms with E-state index in [2.05, 4.69) is 10.6 Å². The van der Waals surface area contributed by atoms with E-state index in [0.717, 1.165) is 0 Å². The number of likely N-dealkylation sites (N-methyl/N-ethyl adjacent to an activating group) is 1. The second-order valence-electron chi connectivity index (χ2n) is 2.59. The minimum absolute atomic E-state index is 0.0214. The number of hydrogen-bond acceptors (Lipinski definition) is 4. The van der Waals surface area contributed by atoms with Crippen LogP contribution >= 0.6 is 0 Å². The molecule has 0 aliphatic heterocycles. The molecular formula is C7H16N2O2. The Morgan fingerprint density at radius 1 is 1.64 bits per heavy atom. The van der Waals surface area contributed by atoms with Crippen LogP contribution in [0.1, 0.15) is 13.8 Å². The van der Waals surface area contributed by atoms with Gasteiger partial charge in [-0.25, -0.2) is 0 Å². The van der Waals surface area contributed by atoms with Crippen molar-refractivity contribution in [3.8, 4) is 0 Å². The van der Waals surface area contributed by atoms with Crippen LogP contribution in [0.5, 0.6) is 0 Å². The van der Waals surface area contributed by atoms with Crippen LogP contribution in [0, 0.1) is 0 Å². The smallest absolute Gasteiger partial charge is 0.161 e. The maximum atomic E-state index is 10.8. The summed E-state index contributed by atoms with van der Waals surface area (Å²) < 4.78 is 0. The Morgan fingerprint density at radius 3 is 2.45 bits per heavy atom. The Balaban J connectivity index is 3.61. The van der Waals surface area contributed by atoms with E-state index >= 15 is 0 Å². The van der Waals surface area contributed by atoms with E-state index < -0.39 is 6.10 Å². The van der Waals surface area contributed by atoms with Crippen molar-refractivity contribution < 1.29 is 9.90 Å². The van der Waals surface area contributed by atoms with Crippen molar-refractivity contribution in [2.45, 2.75) is 26.1 Å². The molecule has 4 nitrogen and oxygen atoms in total. The average Bonchev–Trinajstić information content (AvgIpc) is 1.87. The number of aliphatic hydroxyl groups is 1. The van der Waals surface area contributed by atoms with Gasteiger partial charge in [0, 0.05) is 6.54 Å². The van der Waals surface area contributed by atoms with E-state index in [9.17, 15) is 4.79 Å². The molecule has 0 aromatic heterocycles. The fourth-order valence-electron chi connectivity index (χ4n) is 0.737. The van der Waals surface area contributed by atoms with Gasteiger partial charge < -0.3 is 5.11 Å². The second kappa shape index (κ2) is 5.23. The third-order valence-corrected chi connectivity index (χ3v) is 1.31. The maximum absolute atomic E-state index is 10.8. The number of ketones is 1. The quantitative estimate of drug-likeness (QED) is 0.456. The number of carbonyl (C=O) groups is 1. The first-order chi connectivity index (χ1) is 5.07. The van der Waals surface area contributed by atoms with Gasteiger partial charge in [-0.05, 0) is 20.9 Å². The SMILES string of the molecule is CNC(NCC(C)O)C(C)=O. The van der Waals surface area contributed by atoms with E-state index in [1.807, 2.05) is 0 Å². The number of rotatable bonds is 5. The summed E-state index contributed by atoms with van der Waals surface area (Å²) in [6.07, 6.45) is -0.769. The van der Waals surface area contributed by atoms with Gasteiger partial charge in [0.25, 0.3) is 0 Å². The molecule has 0 amide bonds. The fraction of sp³-hybridized carbons (Fsp3) is 0.857. The van der Waals surface area contributed by atoms with Gasteiger partial charge in [0.15, 0.2) is 5.78 Å². The normalized spacial score (nSPS) is 16.0. The zero-order chi connectivity index (χ0) is 8.85. The molecule has 4 heteroatoms. The van der Waals surface area contributed by atoms with Crippen molar-refractivity contribution in [3.63, 3.8) is 0 Å². The molecule has 0 aliphatic carbocycles. The highest BCUT2D eigenvalue weighted by Crippen LogP contribution is 1.81. The Bertz CT molecular complexity index is 126. The largest absolute Gasteiger partial charge is 0.392 e. The van der Waals surface area contributed by atoms with Gasteiger partial charge >= 0.3 is 0 Å². The maximum Gasteiger partial charge on any atom is 0.161 e. The molecule has 0 saturated heterocycles. The van der Waals surface area contributed by atoms with Gasteiger partial charge in [-0.2, -0.15) is 0 Å². The number of carbonyl (C=O) groups excluding carboxylic acids is 1. The number of nitrogens with one attached hydrogen (secondary N) is 2. The van der Waals surface area contributed by atoms with Crippen molar-refractivity contribution >= 4 is 5.78 Å². The molecule has 0 heterocycles. The lowest BCUT2D eigenvalue weighted by Gasteiger charge is -2.15. The van der Waals surface area contributed by atoms with Gasteiger partial charge in [-0.3, -0.25) is 15.4 Å². The molecule has 0 saturated carbocycles. The summed E-state index contributed by atoms with van der Waals surface area (Å²) >= 11 is 0. The van der Waals surface area contributed by atoms with Crippen molar-refractivity contribution in [2.75, 3.05) is 13.6 Å². The summed E-state index contributed by atoms with van der Waals surface area (Å²) in [5, 5.41) is 14.5. The van der Waals surface area contributed by atoms with Crippen LogP contribution in [0.2, 0.25) is 0 Å². The van der Waals surface area contributed by atoms with Crippen molar-refractivity contribution in [1.82, 2.24) is 10.6 Å². The Morgan fingerprint density at radius 2 is 2.18 bits per heavy atom. The summed E-state index contributed by atoms with van der Waals surface area (Å²) in [6.45, 7) is 3.58. The molecule has 0 spiro atoms. The minimum Gasteiger partial charge on any atom is -0.392 e. The number of aliphatic hydroxyl groups excluding tert-OH is 1. The molecule has 0 radical (unpaired) electrons. The van der Waals surface area contributed by atoms with Crippen LogP contribution in [0.25, 0.3) is 0 Å². The lowest BCUT2D eigenvalue weighted by atomic mass is 10.3. The summed E-state index contributed by atoms with van der Waals surface area (Å²) in [5.41, 5.74) is 0. The molecule has 2 unspecified atom stereocenters. The molecular weight excluding hydrogens is 144 g/mol. The summed E-state index contributed by atoms with van der Waals surface area (Å²) in [7, 11) is 1.70. The van der Waals surface area contributed by atoms with Crippen LogP contribution in [-0.4, -0.2) is 36.8 Å². The Labute approximate surface area is 67.0 Å². The summed E-state index contributed by atoms with van der Waals surface area (Å²) in [5.74, 6) is 0.0214. The third kappa shape index (κ3) is 4.89. The van der Waals surface area contributed by atoms with Crippen LogP contribution in [0.15, 0.2) is 0 Å². The Hall–Kier alpha value is -0.450. The van der Waals surface area contributed by atoms with E-state index in [4.69, 9.17) is 5.11 Å². The molecule has 2 atom stereocenters. The first-order valence-corrected chi connectivity index (χ1v) is 3.67. The lowest BCUT2D eigenvalue weighted by Crippen LogP contribution is -2.47. The molecule has 0 aliphatic rings. The number of hydrogen-bond donors (Lipinski definition) is 3. The van der Waals surface area contributed by atoms with Crippen molar-refractivity contribution in [3.05, 3.63) is 0 Å². The zero-order valence-corrected chi connectivity index (χ0v) is 7.22. The topological polar surface area (TPSA) is 61.4 Å². The van der Waals surface area contributed by atoms with Crippen LogP contribution in [0.3, 0.4) is 0 Å². The van der Waals surface area contributed by atoms with E-state index in [-0.39, 0.29) is 11.9 Å². The molecule has 66 valence electrons. The monoisotopic (exact) mass is 160 g/mol. The van der Waals surface area contributed by atoms with Gasteiger partial charge in [0.1, 0.15) is 6.17 Å². The van der Waals surface area contributed by atoms with Gasteiger partial charge in [-0.15, -0.1) is 0 Å². The minimum atomic E-state index is -0.426. The van der Waals surface area contributed by atoms with Gasteiger partial charge in [0.05, 0.1) is 6.10 Å². The molecule has 3 N–H and O–H groups in total. The van der Waals surface area contributed by atoms with Gasteiger partial charge in [0.2, 0.25) is 0 Å². The highest BCUT2D eigenvalue weighted by Gasteiger charge is 2.10. The third-order valence-electron chi connectivity index (χ3n) is 1.31. The predicted molar refractivity (Wildman–Crippen MR) is 43.2 cm³/mol. The Kier molecular flexibility index (Phi) is 5.02. The van der Waals surface area contributed by atoms with Crippen LogP contribution < -0.4 is 10.6 Å². The lowest BCUT2D eigenvalue weighted by molar-refractivity contribution is -0.119. The average molecular weight is 160 g/mol. The van der Waals surface area contributed by atoms with Crippen molar-refractivity contribution in [1.29, 1.82) is 0 Å². The molecule has 0 aromatic carbocycles. The molecule has 0 aromatic rings. The molecule has 0 fully saturated rings. The molecule has 0 rings (SSSR count). The van der Waals surface area contributed by atoms with E-state index in [1.54, 1.807) is 14.0 Å². The highest BCUT2D eigenvalue weighted by atomic mass is 16.3. The highest BCUT2D eigenvalue weighted by molar-refractivity contribution is 5.80. The van der Waals surface area contributed by atoms with E-state index in [1.165, 1.54) is 6.92 Å². The fourth-order valence-corrected chi connectivity index (χ4v) is 0.737. The first kappa shape index (κ1) is 10.6. The standard InChI is InChI=1S/C7H16N2O2/c1-5(10)4-9-7(8-3)6(2)11/h5,7-10H,4H2,1-3H3.